The van der Waals surface area contributed by atoms with Gasteiger partial charge in [0.1, 0.15) is 0 Å². The minimum absolute atomic E-state index is 0.120. The highest BCUT2D eigenvalue weighted by molar-refractivity contribution is 7.90. The molecule has 0 bridgehead atoms. The molecule has 1 fully saturated rings. The molecule has 2 rings (SSSR count). The van der Waals surface area contributed by atoms with Crippen molar-refractivity contribution < 1.29 is 21.4 Å². The van der Waals surface area contributed by atoms with Crippen molar-refractivity contribution in [2.45, 2.75) is 11.8 Å². The highest BCUT2D eigenvalue weighted by Gasteiger charge is 2.28. The molecule has 1 aliphatic rings. The van der Waals surface area contributed by atoms with Crippen LogP contribution >= 0.6 is 8.60 Å². The summed E-state index contributed by atoms with van der Waals surface area (Å²) in [5.74, 6) is 0. The Kier molecular flexibility index (Phi) is 3.56. The molecule has 0 unspecified atom stereocenters. The molecule has 0 aliphatic carbocycles. The Bertz CT molecular complexity index is 467. The van der Waals surface area contributed by atoms with Crippen LogP contribution in [-0.4, -0.2) is 21.6 Å². The molecule has 1 aromatic rings. The molecule has 5 nitrogen and oxygen atoms in total. The zero-order valence-corrected chi connectivity index (χ0v) is 10.3. The summed E-state index contributed by atoms with van der Waals surface area (Å²) in [6.07, 6.45) is 0. The normalized spacial score (nSPS) is 17.8. The summed E-state index contributed by atoms with van der Waals surface area (Å²) < 4.78 is 38.3. The van der Waals surface area contributed by atoms with Gasteiger partial charge < -0.3 is 9.05 Å². The summed E-state index contributed by atoms with van der Waals surface area (Å²) in [7, 11) is -5.54. The van der Waals surface area contributed by atoms with E-state index in [1.165, 1.54) is 6.07 Å². The molecule has 0 radical (unpaired) electrons. The fraction of sp³-hybridized carbons (Fsp3) is 0.333. The predicted octanol–water partition coefficient (Wildman–Crippen LogP) is 1.97. The second-order valence-corrected chi connectivity index (χ2v) is 6.17. The average molecular weight is 262 g/mol. The first kappa shape index (κ1) is 12.0. The van der Waals surface area contributed by atoms with Crippen molar-refractivity contribution in [1.29, 1.82) is 0 Å². The van der Waals surface area contributed by atoms with Gasteiger partial charge in [0, 0.05) is 0 Å². The maximum atomic E-state index is 11.8. The minimum atomic E-state index is -3.79. The zero-order valence-electron chi connectivity index (χ0n) is 8.62. The summed E-state index contributed by atoms with van der Waals surface area (Å²) in [5, 5.41) is 0. The number of benzene rings is 1. The highest BCUT2D eigenvalue weighted by atomic mass is 32.2. The first-order chi connectivity index (χ1) is 7.58. The van der Waals surface area contributed by atoms with Crippen LogP contribution in [-0.2, 0) is 23.1 Å². The van der Waals surface area contributed by atoms with Gasteiger partial charge in [-0.05, 0) is 24.6 Å². The van der Waals surface area contributed by atoms with E-state index in [-0.39, 0.29) is 4.90 Å². The van der Waals surface area contributed by atoms with E-state index in [2.05, 4.69) is 0 Å². The molecular weight excluding hydrogens is 251 g/mol. The van der Waals surface area contributed by atoms with Crippen LogP contribution in [0.25, 0.3) is 0 Å². The third-order valence-corrected chi connectivity index (χ3v) is 4.80. The molecule has 16 heavy (non-hydrogen) atoms. The van der Waals surface area contributed by atoms with Crippen molar-refractivity contribution in [3.8, 4) is 0 Å². The molecule has 7 heteroatoms. The predicted molar refractivity (Wildman–Crippen MR) is 58.3 cm³/mol. The van der Waals surface area contributed by atoms with Crippen molar-refractivity contribution in [2.24, 2.45) is 0 Å². The van der Waals surface area contributed by atoms with Crippen molar-refractivity contribution >= 4 is 18.7 Å². The first-order valence-corrected chi connectivity index (χ1v) is 7.15. The van der Waals surface area contributed by atoms with Gasteiger partial charge in [-0.1, -0.05) is 12.1 Å². The lowest BCUT2D eigenvalue weighted by molar-refractivity contribution is 0.352. The average Bonchev–Trinajstić information content (AvgIpc) is 2.70. The first-order valence-electron chi connectivity index (χ1n) is 4.65. The van der Waals surface area contributed by atoms with Gasteiger partial charge in [0.05, 0.1) is 18.1 Å². The van der Waals surface area contributed by atoms with E-state index in [4.69, 9.17) is 13.0 Å². The van der Waals surface area contributed by atoms with Crippen LogP contribution in [0.3, 0.4) is 0 Å². The number of hydrogen-bond acceptors (Lipinski definition) is 5. The fourth-order valence-electron chi connectivity index (χ4n) is 1.20. The third-order valence-electron chi connectivity index (χ3n) is 1.91. The second-order valence-electron chi connectivity index (χ2n) is 3.24. The standard InChI is InChI=1S/C9H11O5PS/c1-8-3-2-4-9(7-8)16(10,11)14-15-12-5-6-13-15/h2-4,7H,5-6H2,1H3. The number of aryl methyl sites for hydroxylation is 1. The van der Waals surface area contributed by atoms with Crippen LogP contribution in [0.1, 0.15) is 5.56 Å². The maximum absolute atomic E-state index is 11.8. The van der Waals surface area contributed by atoms with Gasteiger partial charge in [-0.25, -0.2) is 0 Å². The molecule has 0 N–H and O–H groups in total. The molecule has 1 saturated heterocycles. The van der Waals surface area contributed by atoms with E-state index in [9.17, 15) is 8.42 Å². The van der Waals surface area contributed by atoms with Crippen LogP contribution in [0.2, 0.25) is 0 Å². The second kappa shape index (κ2) is 4.77. The summed E-state index contributed by atoms with van der Waals surface area (Å²) in [5.41, 5.74) is 0.853. The quantitative estimate of drug-likeness (QED) is 0.779. The molecule has 1 aromatic carbocycles. The van der Waals surface area contributed by atoms with Crippen molar-refractivity contribution in [1.82, 2.24) is 0 Å². The maximum Gasteiger partial charge on any atom is 0.349 e. The van der Waals surface area contributed by atoms with E-state index in [0.717, 1.165) is 5.56 Å². The Morgan fingerprint density at radius 1 is 1.31 bits per heavy atom. The van der Waals surface area contributed by atoms with Gasteiger partial charge in [-0.2, -0.15) is 12.4 Å². The summed E-state index contributed by atoms with van der Waals surface area (Å²) in [4.78, 5) is 0.120. The molecular formula is C9H11O5PS. The van der Waals surface area contributed by atoms with Gasteiger partial charge in [0.25, 0.3) is 0 Å². The largest absolute Gasteiger partial charge is 0.349 e. The van der Waals surface area contributed by atoms with Crippen LogP contribution in [0.4, 0.5) is 0 Å². The zero-order chi connectivity index (χ0) is 11.6. The molecule has 0 saturated carbocycles. The molecule has 0 atom stereocenters. The van der Waals surface area contributed by atoms with Crippen LogP contribution in [0.5, 0.6) is 0 Å². The lowest BCUT2D eigenvalue weighted by Gasteiger charge is -2.08. The van der Waals surface area contributed by atoms with E-state index < -0.39 is 18.7 Å². The van der Waals surface area contributed by atoms with E-state index in [1.807, 2.05) is 13.0 Å². The molecule has 88 valence electrons. The SMILES string of the molecule is Cc1cccc(S(=O)(=O)OP2OCCO2)c1. The third kappa shape index (κ3) is 2.78. The van der Waals surface area contributed by atoms with Gasteiger partial charge in [-0.15, -0.1) is 0 Å². The highest BCUT2D eigenvalue weighted by Crippen LogP contribution is 2.46. The topological polar surface area (TPSA) is 61.8 Å². The Balaban J connectivity index is 2.18. The van der Waals surface area contributed by atoms with E-state index in [1.54, 1.807) is 12.1 Å². The molecule has 0 aromatic heterocycles. The summed E-state index contributed by atoms with van der Waals surface area (Å²) >= 11 is 0. The van der Waals surface area contributed by atoms with Gasteiger partial charge in [-0.3, -0.25) is 0 Å². The Morgan fingerprint density at radius 2 is 2.00 bits per heavy atom. The molecule has 0 amide bonds. The number of rotatable bonds is 3. The smallest absolute Gasteiger partial charge is 0.309 e. The molecule has 1 heterocycles. The lowest BCUT2D eigenvalue weighted by atomic mass is 10.2. The van der Waals surface area contributed by atoms with Crippen molar-refractivity contribution in [2.75, 3.05) is 13.2 Å². The van der Waals surface area contributed by atoms with Crippen molar-refractivity contribution in [3.05, 3.63) is 29.8 Å². The monoisotopic (exact) mass is 262 g/mol. The number of hydrogen-bond donors (Lipinski definition) is 0. The fourth-order valence-corrected chi connectivity index (χ4v) is 3.62. The van der Waals surface area contributed by atoms with E-state index in [0.29, 0.717) is 13.2 Å². The van der Waals surface area contributed by atoms with Crippen LogP contribution in [0, 0.1) is 6.92 Å². The summed E-state index contributed by atoms with van der Waals surface area (Å²) in [6.45, 7) is 2.55. The minimum Gasteiger partial charge on any atom is -0.309 e. The Labute approximate surface area is 95.5 Å². The summed E-state index contributed by atoms with van der Waals surface area (Å²) in [6, 6.07) is 6.50. The van der Waals surface area contributed by atoms with Gasteiger partial charge in [0.15, 0.2) is 0 Å². The van der Waals surface area contributed by atoms with Gasteiger partial charge >= 0.3 is 18.7 Å². The Morgan fingerprint density at radius 3 is 2.62 bits per heavy atom. The van der Waals surface area contributed by atoms with Crippen LogP contribution in [0.15, 0.2) is 29.2 Å². The Hall–Kier alpha value is -0.520. The van der Waals surface area contributed by atoms with E-state index >= 15 is 0 Å². The molecule has 1 aliphatic heterocycles. The lowest BCUT2D eigenvalue weighted by Crippen LogP contribution is -2.03. The van der Waals surface area contributed by atoms with Gasteiger partial charge in [0.2, 0.25) is 0 Å². The molecule has 0 spiro atoms. The van der Waals surface area contributed by atoms with Crippen LogP contribution < -0.4 is 0 Å². The van der Waals surface area contributed by atoms with Crippen molar-refractivity contribution in [3.63, 3.8) is 0 Å².